The zero-order valence-electron chi connectivity index (χ0n) is 32.0. The van der Waals surface area contributed by atoms with Gasteiger partial charge in [0.25, 0.3) is 0 Å². The highest BCUT2D eigenvalue weighted by molar-refractivity contribution is 5.96. The lowest BCUT2D eigenvalue weighted by Gasteiger charge is -2.12. The lowest BCUT2D eigenvalue weighted by molar-refractivity contribution is -0.116. The van der Waals surface area contributed by atoms with Crippen LogP contribution in [0.15, 0.2) is 116 Å². The molecule has 0 spiro atoms. The van der Waals surface area contributed by atoms with Gasteiger partial charge in [-0.1, -0.05) is 60.7 Å². The van der Waals surface area contributed by atoms with Gasteiger partial charge in [-0.15, -0.1) is 0 Å². The Balaban J connectivity index is 0.000000188. The molecular formula is C45H47N5O5. The first-order chi connectivity index (χ1) is 26.8. The van der Waals surface area contributed by atoms with E-state index in [9.17, 15) is 9.59 Å². The van der Waals surface area contributed by atoms with Gasteiger partial charge in [0.2, 0.25) is 11.7 Å². The van der Waals surface area contributed by atoms with Gasteiger partial charge < -0.3 is 33.6 Å². The number of amides is 1. The molecule has 0 fully saturated rings. The number of nitrogens with one attached hydrogen (secondary N) is 2. The van der Waals surface area contributed by atoms with E-state index in [1.165, 1.54) is 39.3 Å². The number of fused-ring (bicyclic) bond motifs is 2. The maximum atomic E-state index is 12.5. The van der Waals surface area contributed by atoms with Crippen molar-refractivity contribution in [2.24, 2.45) is 0 Å². The van der Waals surface area contributed by atoms with Crippen molar-refractivity contribution in [3.05, 3.63) is 138 Å². The molecule has 4 aromatic carbocycles. The molecule has 0 atom stereocenters. The minimum atomic E-state index is -0.159. The summed E-state index contributed by atoms with van der Waals surface area (Å²) in [6.07, 6.45) is 8.04. The van der Waals surface area contributed by atoms with Crippen LogP contribution in [0.2, 0.25) is 0 Å². The summed E-state index contributed by atoms with van der Waals surface area (Å²) in [6, 6.07) is 32.3. The average molecular weight is 738 g/mol. The quantitative estimate of drug-likeness (QED) is 0.0853. The minimum absolute atomic E-state index is 0.159. The third-order valence-corrected chi connectivity index (χ3v) is 9.59. The summed E-state index contributed by atoms with van der Waals surface area (Å²) in [4.78, 5) is 31.8. The molecule has 7 aromatic rings. The van der Waals surface area contributed by atoms with Crippen molar-refractivity contribution in [1.82, 2.24) is 24.4 Å². The Bertz CT molecular complexity index is 2380. The van der Waals surface area contributed by atoms with E-state index >= 15 is 0 Å². The number of carbonyl (C=O) groups excluding carboxylic acids is 2. The average Bonchev–Trinajstić information content (AvgIpc) is 3.94. The van der Waals surface area contributed by atoms with E-state index in [1.54, 1.807) is 52.1 Å². The molecule has 7 rings (SSSR count). The number of aromatic nitrogens is 4. The van der Waals surface area contributed by atoms with Crippen LogP contribution in [0.3, 0.4) is 0 Å². The zero-order chi connectivity index (χ0) is 38.7. The Morgan fingerprint density at radius 3 is 1.93 bits per heavy atom. The smallest absolute Gasteiger partial charge is 0.244 e. The number of aromatic amines is 1. The number of benzene rings is 4. The predicted molar refractivity (Wildman–Crippen MR) is 219 cm³/mol. The summed E-state index contributed by atoms with van der Waals surface area (Å²) in [5.41, 5.74) is 8.36. The standard InChI is InChI=1S/C23H26N2O4.C22H21N3O/c1-16-13-18-7-5-6-8-19(18)25(16)12-11-24-22(26)10-9-17-14-20(27-2)23(29-4)21(15-17)28-3;1-16-13-19-5-2-3-6-21(19)25(16)12-4-7-22(26)18-10-8-17(9-11-18)20-14-23-15-24-20/h5-10,13-15H,11-12H2,1-4H3,(H,24,26);2-3,5-6,8-11,13-15H,4,7,12H2,1H3,(H,23,24)/b10-9+;. The highest BCUT2D eigenvalue weighted by Crippen LogP contribution is 2.38. The molecule has 3 heterocycles. The summed E-state index contributed by atoms with van der Waals surface area (Å²) < 4.78 is 20.5. The largest absolute Gasteiger partial charge is 0.493 e. The third-order valence-electron chi connectivity index (χ3n) is 9.59. The second kappa shape index (κ2) is 18.0. The molecule has 0 saturated heterocycles. The van der Waals surface area contributed by atoms with Crippen molar-refractivity contribution in [2.45, 2.75) is 39.8 Å². The number of hydrogen-bond acceptors (Lipinski definition) is 6. The molecule has 0 unspecified atom stereocenters. The number of rotatable bonds is 14. The van der Waals surface area contributed by atoms with Gasteiger partial charge in [0, 0.05) is 60.1 Å². The van der Waals surface area contributed by atoms with E-state index in [4.69, 9.17) is 14.2 Å². The van der Waals surface area contributed by atoms with Crippen LogP contribution < -0.4 is 19.5 Å². The van der Waals surface area contributed by atoms with Crippen LogP contribution in [0.25, 0.3) is 39.1 Å². The van der Waals surface area contributed by atoms with Crippen molar-refractivity contribution in [2.75, 3.05) is 27.9 Å². The van der Waals surface area contributed by atoms with Crippen molar-refractivity contribution in [3.63, 3.8) is 0 Å². The van der Waals surface area contributed by atoms with Crippen LogP contribution >= 0.6 is 0 Å². The van der Waals surface area contributed by atoms with E-state index in [2.05, 4.69) is 86.8 Å². The number of ether oxygens (including phenoxy) is 3. The molecule has 0 saturated carbocycles. The Labute approximate surface area is 321 Å². The predicted octanol–water partition coefficient (Wildman–Crippen LogP) is 8.81. The second-order valence-corrected chi connectivity index (χ2v) is 13.1. The Morgan fingerprint density at radius 1 is 0.764 bits per heavy atom. The van der Waals surface area contributed by atoms with E-state index in [0.717, 1.165) is 35.3 Å². The topological polar surface area (TPSA) is 112 Å². The van der Waals surface area contributed by atoms with Crippen LogP contribution in [0.4, 0.5) is 0 Å². The molecule has 0 radical (unpaired) electrons. The van der Waals surface area contributed by atoms with Gasteiger partial charge in [0.05, 0.1) is 39.5 Å². The number of Topliss-reactive ketones (excluding diaryl/α,β-unsaturated/α-hetero) is 1. The van der Waals surface area contributed by atoms with Crippen LogP contribution in [0.5, 0.6) is 17.2 Å². The fraction of sp³-hybridized carbons (Fsp3) is 0.222. The first kappa shape index (κ1) is 38.2. The number of carbonyl (C=O) groups is 2. The molecule has 0 aliphatic heterocycles. The normalized spacial score (nSPS) is 11.1. The molecule has 282 valence electrons. The molecule has 10 heteroatoms. The Kier molecular flexibility index (Phi) is 12.5. The highest BCUT2D eigenvalue weighted by atomic mass is 16.5. The van der Waals surface area contributed by atoms with Crippen LogP contribution in [0, 0.1) is 13.8 Å². The summed E-state index contributed by atoms with van der Waals surface area (Å²) in [5.74, 6) is 1.64. The monoisotopic (exact) mass is 737 g/mol. The molecule has 0 bridgehead atoms. The highest BCUT2D eigenvalue weighted by Gasteiger charge is 2.13. The summed E-state index contributed by atoms with van der Waals surface area (Å²) in [5, 5.41) is 5.39. The van der Waals surface area contributed by atoms with Gasteiger partial charge >= 0.3 is 0 Å². The van der Waals surface area contributed by atoms with E-state index in [1.807, 2.05) is 36.4 Å². The summed E-state index contributed by atoms with van der Waals surface area (Å²) in [7, 11) is 4.67. The third kappa shape index (κ3) is 9.16. The fourth-order valence-corrected chi connectivity index (χ4v) is 6.80. The number of H-pyrrole nitrogens is 1. The fourth-order valence-electron chi connectivity index (χ4n) is 6.80. The summed E-state index contributed by atoms with van der Waals surface area (Å²) >= 11 is 0. The van der Waals surface area contributed by atoms with Gasteiger partial charge in [-0.05, 0) is 84.6 Å². The summed E-state index contributed by atoms with van der Waals surface area (Å²) in [6.45, 7) is 6.31. The Hall–Kier alpha value is -6.55. The van der Waals surface area contributed by atoms with Crippen molar-refractivity contribution >= 4 is 39.6 Å². The van der Waals surface area contributed by atoms with Crippen LogP contribution in [-0.2, 0) is 17.9 Å². The number of nitrogens with zero attached hydrogens (tertiary/aromatic N) is 3. The van der Waals surface area contributed by atoms with Gasteiger partial charge in [-0.25, -0.2) is 4.98 Å². The van der Waals surface area contributed by atoms with Gasteiger partial charge in [0.15, 0.2) is 17.3 Å². The van der Waals surface area contributed by atoms with E-state index in [-0.39, 0.29) is 11.7 Å². The van der Waals surface area contributed by atoms with Crippen LogP contribution in [-0.4, -0.2) is 58.7 Å². The Morgan fingerprint density at radius 2 is 1.36 bits per heavy atom. The van der Waals surface area contributed by atoms with E-state index in [0.29, 0.717) is 36.8 Å². The second-order valence-electron chi connectivity index (χ2n) is 13.1. The number of para-hydroxylation sites is 2. The molecule has 55 heavy (non-hydrogen) atoms. The van der Waals surface area contributed by atoms with E-state index < -0.39 is 0 Å². The SMILES string of the molecule is COc1cc(/C=C/C(=O)NCCn2c(C)cc3ccccc32)cc(OC)c1OC.Cc1cc2ccccc2n1CCCC(=O)c1ccc(-c2cnc[nH]2)cc1. The molecule has 10 nitrogen and oxygen atoms in total. The maximum absolute atomic E-state index is 12.5. The van der Waals surface area contributed by atoms with Crippen molar-refractivity contribution in [1.29, 1.82) is 0 Å². The van der Waals surface area contributed by atoms with Gasteiger partial charge in [0.1, 0.15) is 0 Å². The first-order valence-electron chi connectivity index (χ1n) is 18.3. The number of imidazole rings is 1. The van der Waals surface area contributed by atoms with Crippen molar-refractivity contribution < 1.29 is 23.8 Å². The van der Waals surface area contributed by atoms with Crippen LogP contribution in [0.1, 0.15) is 40.2 Å². The lowest BCUT2D eigenvalue weighted by atomic mass is 10.0. The number of aryl methyl sites for hydroxylation is 3. The van der Waals surface area contributed by atoms with Gasteiger partial charge in [-0.3, -0.25) is 9.59 Å². The number of ketones is 1. The molecule has 0 aliphatic carbocycles. The lowest BCUT2D eigenvalue weighted by Crippen LogP contribution is -2.25. The minimum Gasteiger partial charge on any atom is -0.493 e. The number of hydrogen-bond donors (Lipinski definition) is 2. The molecule has 3 aromatic heterocycles. The molecule has 0 aliphatic rings. The molecule has 2 N–H and O–H groups in total. The van der Waals surface area contributed by atoms with Gasteiger partial charge in [-0.2, -0.15) is 0 Å². The molecular weight excluding hydrogens is 691 g/mol. The molecule has 1 amide bonds. The number of methoxy groups -OCH3 is 3. The maximum Gasteiger partial charge on any atom is 0.244 e. The zero-order valence-corrected chi connectivity index (χ0v) is 32.0. The van der Waals surface area contributed by atoms with Crippen molar-refractivity contribution in [3.8, 4) is 28.5 Å². The first-order valence-corrected chi connectivity index (χ1v) is 18.3.